The van der Waals surface area contributed by atoms with Crippen molar-refractivity contribution in [3.05, 3.63) is 24.8 Å². The minimum Gasteiger partial charge on any atom is -0.382 e. The van der Waals surface area contributed by atoms with E-state index < -0.39 is 0 Å². The molecule has 104 valence electrons. The number of ether oxygens (including phenoxy) is 1. The smallest absolute Gasteiger partial charge is 0.207 e. The summed E-state index contributed by atoms with van der Waals surface area (Å²) in [5.74, 6) is 0.840. The summed E-state index contributed by atoms with van der Waals surface area (Å²) in [6.07, 6.45) is 8.53. The molecule has 2 rings (SSSR count). The van der Waals surface area contributed by atoms with E-state index in [-0.39, 0.29) is 0 Å². The fraction of sp³-hybridized carbons (Fsp3) is 0.538. The zero-order valence-electron chi connectivity index (χ0n) is 11.5. The summed E-state index contributed by atoms with van der Waals surface area (Å²) < 4.78 is 9.31. The van der Waals surface area contributed by atoms with E-state index in [0.29, 0.717) is 0 Å². The van der Waals surface area contributed by atoms with Gasteiger partial charge in [-0.25, -0.2) is 4.98 Å². The zero-order valence-corrected chi connectivity index (χ0v) is 11.5. The van der Waals surface area contributed by atoms with Crippen molar-refractivity contribution in [3.8, 4) is 0 Å². The summed E-state index contributed by atoms with van der Waals surface area (Å²) in [5.41, 5.74) is 0.958. The Hall–Kier alpha value is -1.82. The molecule has 0 aromatic carbocycles. The first-order chi connectivity index (χ1) is 9.33. The molecule has 2 heterocycles. The summed E-state index contributed by atoms with van der Waals surface area (Å²) in [6, 6.07) is 0. The lowest BCUT2D eigenvalue weighted by Gasteiger charge is -2.08. The SMILES string of the molecule is CCOCCCn1ccnc1Nc1cnn(CC)c1. The molecular weight excluding hydrogens is 242 g/mol. The molecule has 6 heteroatoms. The first-order valence-electron chi connectivity index (χ1n) is 6.71. The van der Waals surface area contributed by atoms with Crippen LogP contribution in [-0.4, -0.2) is 32.5 Å². The first kappa shape index (κ1) is 13.6. The van der Waals surface area contributed by atoms with Gasteiger partial charge in [-0.15, -0.1) is 0 Å². The number of anilines is 2. The maximum absolute atomic E-state index is 5.34. The lowest BCUT2D eigenvalue weighted by molar-refractivity contribution is 0.142. The van der Waals surface area contributed by atoms with Crippen molar-refractivity contribution in [2.24, 2.45) is 0 Å². The number of hydrogen-bond acceptors (Lipinski definition) is 4. The quantitative estimate of drug-likeness (QED) is 0.742. The van der Waals surface area contributed by atoms with Crippen LogP contribution in [0.5, 0.6) is 0 Å². The second kappa shape index (κ2) is 6.94. The van der Waals surface area contributed by atoms with Crippen LogP contribution < -0.4 is 5.32 Å². The van der Waals surface area contributed by atoms with Gasteiger partial charge in [0.15, 0.2) is 0 Å². The van der Waals surface area contributed by atoms with Gasteiger partial charge in [-0.3, -0.25) is 4.68 Å². The maximum Gasteiger partial charge on any atom is 0.207 e. The molecule has 0 spiro atoms. The third-order valence-electron chi connectivity index (χ3n) is 2.82. The van der Waals surface area contributed by atoms with Crippen molar-refractivity contribution >= 4 is 11.6 Å². The molecule has 0 unspecified atom stereocenters. The Morgan fingerprint density at radius 3 is 3.00 bits per heavy atom. The Kier molecular flexibility index (Phi) is 4.97. The molecule has 2 aromatic heterocycles. The Morgan fingerprint density at radius 2 is 2.26 bits per heavy atom. The van der Waals surface area contributed by atoms with Gasteiger partial charge >= 0.3 is 0 Å². The number of nitrogens with zero attached hydrogens (tertiary/aromatic N) is 4. The van der Waals surface area contributed by atoms with E-state index in [2.05, 4.69) is 26.9 Å². The van der Waals surface area contributed by atoms with Gasteiger partial charge in [0.1, 0.15) is 0 Å². The molecule has 0 saturated carbocycles. The highest BCUT2D eigenvalue weighted by Crippen LogP contribution is 2.14. The highest BCUT2D eigenvalue weighted by atomic mass is 16.5. The summed E-state index contributed by atoms with van der Waals surface area (Å²) in [4.78, 5) is 4.32. The van der Waals surface area contributed by atoms with Gasteiger partial charge in [0.2, 0.25) is 5.95 Å². The van der Waals surface area contributed by atoms with Gasteiger partial charge in [0.05, 0.1) is 11.9 Å². The zero-order chi connectivity index (χ0) is 13.5. The normalized spacial score (nSPS) is 10.8. The summed E-state index contributed by atoms with van der Waals surface area (Å²) in [6.45, 7) is 7.38. The monoisotopic (exact) mass is 263 g/mol. The van der Waals surface area contributed by atoms with Gasteiger partial charge < -0.3 is 14.6 Å². The lowest BCUT2D eigenvalue weighted by Crippen LogP contribution is -2.05. The summed E-state index contributed by atoms with van der Waals surface area (Å²) >= 11 is 0. The van der Waals surface area contributed by atoms with Crippen LogP contribution in [0.25, 0.3) is 0 Å². The highest BCUT2D eigenvalue weighted by molar-refractivity contribution is 5.50. The van der Waals surface area contributed by atoms with E-state index in [1.807, 2.05) is 30.2 Å². The van der Waals surface area contributed by atoms with Crippen LogP contribution >= 0.6 is 0 Å². The van der Waals surface area contributed by atoms with E-state index >= 15 is 0 Å². The number of rotatable bonds is 8. The van der Waals surface area contributed by atoms with Crippen molar-refractivity contribution < 1.29 is 4.74 Å². The molecule has 2 aromatic rings. The molecule has 0 atom stereocenters. The second-order valence-electron chi connectivity index (χ2n) is 4.20. The van der Waals surface area contributed by atoms with E-state index in [1.165, 1.54) is 0 Å². The van der Waals surface area contributed by atoms with Gasteiger partial charge in [-0.1, -0.05) is 0 Å². The molecule has 6 nitrogen and oxygen atoms in total. The molecule has 0 aliphatic carbocycles. The van der Waals surface area contributed by atoms with Gasteiger partial charge in [-0.05, 0) is 20.3 Å². The van der Waals surface area contributed by atoms with Crippen LogP contribution in [-0.2, 0) is 17.8 Å². The molecule has 0 radical (unpaired) electrons. The van der Waals surface area contributed by atoms with Crippen molar-refractivity contribution in [3.63, 3.8) is 0 Å². The first-order valence-corrected chi connectivity index (χ1v) is 6.71. The van der Waals surface area contributed by atoms with Crippen LogP contribution in [0.4, 0.5) is 11.6 Å². The topological polar surface area (TPSA) is 56.9 Å². The fourth-order valence-electron chi connectivity index (χ4n) is 1.83. The third-order valence-corrected chi connectivity index (χ3v) is 2.82. The van der Waals surface area contributed by atoms with Gasteiger partial charge in [0.25, 0.3) is 0 Å². The van der Waals surface area contributed by atoms with Gasteiger partial charge in [0, 0.05) is 44.9 Å². The molecule has 0 aliphatic rings. The van der Waals surface area contributed by atoms with Crippen molar-refractivity contribution in [2.45, 2.75) is 33.4 Å². The highest BCUT2D eigenvalue weighted by Gasteiger charge is 2.04. The average Bonchev–Trinajstić information content (AvgIpc) is 3.05. The van der Waals surface area contributed by atoms with Crippen LogP contribution in [0.15, 0.2) is 24.8 Å². The average molecular weight is 263 g/mol. The largest absolute Gasteiger partial charge is 0.382 e. The van der Waals surface area contributed by atoms with Gasteiger partial charge in [-0.2, -0.15) is 5.10 Å². The summed E-state index contributed by atoms with van der Waals surface area (Å²) in [7, 11) is 0. The lowest BCUT2D eigenvalue weighted by atomic mass is 10.4. The van der Waals surface area contributed by atoms with Crippen LogP contribution in [0.1, 0.15) is 20.3 Å². The van der Waals surface area contributed by atoms with Crippen molar-refractivity contribution in [1.82, 2.24) is 19.3 Å². The molecule has 1 N–H and O–H groups in total. The minimum absolute atomic E-state index is 0.769. The molecule has 0 amide bonds. The fourth-order valence-corrected chi connectivity index (χ4v) is 1.83. The predicted molar refractivity (Wildman–Crippen MR) is 74.5 cm³/mol. The van der Waals surface area contributed by atoms with Crippen molar-refractivity contribution in [2.75, 3.05) is 18.5 Å². The maximum atomic E-state index is 5.34. The van der Waals surface area contributed by atoms with E-state index in [4.69, 9.17) is 4.74 Å². The summed E-state index contributed by atoms with van der Waals surface area (Å²) in [5, 5.41) is 7.50. The van der Waals surface area contributed by atoms with Crippen LogP contribution in [0.2, 0.25) is 0 Å². The molecule has 0 bridgehead atoms. The number of aryl methyl sites for hydroxylation is 2. The molecule has 0 fully saturated rings. The Bertz CT molecular complexity index is 491. The van der Waals surface area contributed by atoms with E-state index in [0.717, 1.165) is 44.4 Å². The number of imidazole rings is 1. The van der Waals surface area contributed by atoms with E-state index in [9.17, 15) is 0 Å². The second-order valence-corrected chi connectivity index (χ2v) is 4.20. The number of aromatic nitrogens is 4. The molecule has 19 heavy (non-hydrogen) atoms. The molecule has 0 saturated heterocycles. The third kappa shape index (κ3) is 3.82. The molecule has 0 aliphatic heterocycles. The van der Waals surface area contributed by atoms with Crippen molar-refractivity contribution in [1.29, 1.82) is 0 Å². The van der Waals surface area contributed by atoms with Crippen LogP contribution in [0.3, 0.4) is 0 Å². The van der Waals surface area contributed by atoms with E-state index in [1.54, 1.807) is 6.20 Å². The Labute approximate surface area is 113 Å². The Balaban J connectivity index is 1.91. The Morgan fingerprint density at radius 1 is 1.37 bits per heavy atom. The number of nitrogens with one attached hydrogen (secondary N) is 1. The standard InChI is InChI=1S/C13H21N5O/c1-3-18-11-12(10-15-18)16-13-14-6-8-17(13)7-5-9-19-4-2/h6,8,10-11H,3-5,7,9H2,1-2H3,(H,14,16). The predicted octanol–water partition coefficient (Wildman–Crippen LogP) is 2.27. The molecular formula is C13H21N5O. The number of hydrogen-bond donors (Lipinski definition) is 1. The van der Waals surface area contributed by atoms with Crippen LogP contribution in [0, 0.1) is 0 Å². The minimum atomic E-state index is 0.769.